The van der Waals surface area contributed by atoms with Gasteiger partial charge in [-0.3, -0.25) is 14.5 Å². The van der Waals surface area contributed by atoms with Gasteiger partial charge in [-0.1, -0.05) is 53.4 Å². The Morgan fingerprint density at radius 2 is 2.12 bits per heavy atom. The van der Waals surface area contributed by atoms with Crippen LogP contribution in [0.25, 0.3) is 6.08 Å². The van der Waals surface area contributed by atoms with Crippen LogP contribution in [0.15, 0.2) is 54.1 Å². The van der Waals surface area contributed by atoms with Gasteiger partial charge in [-0.15, -0.1) is 0 Å². The van der Waals surface area contributed by atoms with Crippen molar-refractivity contribution in [3.8, 4) is 0 Å². The molecule has 1 fully saturated rings. The number of nitrogens with zero attached hydrogens (tertiary/aromatic N) is 1. The van der Waals surface area contributed by atoms with Crippen molar-refractivity contribution in [3.63, 3.8) is 0 Å². The standard InChI is InChI=1S/C17H12BrNO4S3/c1-9-2-4-11(5-3-9)25-16-12(18)6-10(23-16)7-13-15(22)19(8-14(20)21)17(24)26-13/h2-7H,8H2,1H3,(H,20,21)/b13-7+. The first-order chi connectivity index (χ1) is 12.3. The number of benzene rings is 1. The van der Waals surface area contributed by atoms with Gasteiger partial charge >= 0.3 is 5.97 Å². The van der Waals surface area contributed by atoms with Crippen molar-refractivity contribution in [2.75, 3.05) is 6.54 Å². The fourth-order valence-corrected chi connectivity index (χ4v) is 4.69. The van der Waals surface area contributed by atoms with Gasteiger partial charge in [0.2, 0.25) is 0 Å². The van der Waals surface area contributed by atoms with Gasteiger partial charge in [0, 0.05) is 11.0 Å². The summed E-state index contributed by atoms with van der Waals surface area (Å²) in [5.41, 5.74) is 1.18. The first-order valence-corrected chi connectivity index (χ1v) is 10.2. The second kappa shape index (κ2) is 7.99. The summed E-state index contributed by atoms with van der Waals surface area (Å²) in [6.45, 7) is 1.58. The van der Waals surface area contributed by atoms with Crippen LogP contribution in [0.1, 0.15) is 11.3 Å². The number of furan rings is 1. The minimum atomic E-state index is -1.11. The molecule has 1 aliphatic rings. The molecule has 1 amide bonds. The van der Waals surface area contributed by atoms with Gasteiger partial charge in [-0.2, -0.15) is 0 Å². The SMILES string of the molecule is Cc1ccc(Sc2oc(/C=C3/SC(=S)N(CC(=O)O)C3=O)cc2Br)cc1. The highest BCUT2D eigenvalue weighted by atomic mass is 79.9. The van der Waals surface area contributed by atoms with Crippen LogP contribution in [0.5, 0.6) is 0 Å². The molecule has 9 heteroatoms. The van der Waals surface area contributed by atoms with Gasteiger partial charge in [0.15, 0.2) is 5.09 Å². The van der Waals surface area contributed by atoms with Crippen LogP contribution in [-0.4, -0.2) is 32.7 Å². The highest BCUT2D eigenvalue weighted by Crippen LogP contribution is 2.38. The van der Waals surface area contributed by atoms with E-state index in [1.165, 1.54) is 17.3 Å². The summed E-state index contributed by atoms with van der Waals surface area (Å²) in [7, 11) is 0. The Morgan fingerprint density at radius 3 is 2.77 bits per heavy atom. The van der Waals surface area contributed by atoms with Crippen molar-refractivity contribution in [2.45, 2.75) is 16.9 Å². The molecule has 2 heterocycles. The zero-order valence-corrected chi connectivity index (χ0v) is 17.4. The van der Waals surface area contributed by atoms with E-state index in [0.717, 1.165) is 26.0 Å². The third-order valence-corrected chi connectivity index (χ3v) is 6.57. The average molecular weight is 470 g/mol. The summed E-state index contributed by atoms with van der Waals surface area (Å²) in [6.07, 6.45) is 1.57. The Hall–Kier alpha value is -1.55. The largest absolute Gasteiger partial charge is 0.480 e. The molecule has 0 saturated carbocycles. The highest BCUT2D eigenvalue weighted by Gasteiger charge is 2.33. The maximum atomic E-state index is 12.3. The van der Waals surface area contributed by atoms with Crippen molar-refractivity contribution in [1.82, 2.24) is 4.90 Å². The summed E-state index contributed by atoms with van der Waals surface area (Å²) in [5, 5.41) is 9.54. The third kappa shape index (κ3) is 4.40. The molecule has 0 atom stereocenters. The summed E-state index contributed by atoms with van der Waals surface area (Å²) in [6, 6.07) is 9.82. The quantitative estimate of drug-likeness (QED) is 0.498. The zero-order chi connectivity index (χ0) is 18.8. The van der Waals surface area contributed by atoms with E-state index in [9.17, 15) is 9.59 Å². The number of carbonyl (C=O) groups is 2. The second-order valence-corrected chi connectivity index (χ2v) is 8.94. The van der Waals surface area contributed by atoms with Crippen molar-refractivity contribution in [2.24, 2.45) is 0 Å². The number of carboxylic acids is 1. The minimum absolute atomic E-state index is 0.225. The van der Waals surface area contributed by atoms with Gasteiger partial charge in [-0.25, -0.2) is 0 Å². The number of halogens is 1. The predicted molar refractivity (Wildman–Crippen MR) is 109 cm³/mol. The zero-order valence-electron chi connectivity index (χ0n) is 13.4. The maximum absolute atomic E-state index is 12.3. The van der Waals surface area contributed by atoms with Crippen LogP contribution in [0.4, 0.5) is 0 Å². The Morgan fingerprint density at radius 1 is 1.42 bits per heavy atom. The van der Waals surface area contributed by atoms with Crippen LogP contribution >= 0.6 is 51.7 Å². The normalized spacial score (nSPS) is 15.9. The lowest BCUT2D eigenvalue weighted by Crippen LogP contribution is -2.33. The third-order valence-electron chi connectivity index (χ3n) is 3.35. The highest BCUT2D eigenvalue weighted by molar-refractivity contribution is 9.10. The van der Waals surface area contributed by atoms with Gasteiger partial charge in [0.1, 0.15) is 16.6 Å². The Bertz CT molecular complexity index is 921. The van der Waals surface area contributed by atoms with Gasteiger partial charge in [-0.05, 0) is 41.1 Å². The van der Waals surface area contributed by atoms with Crippen LogP contribution in [0.2, 0.25) is 0 Å². The summed E-state index contributed by atoms with van der Waals surface area (Å²) in [5.74, 6) is -1.05. The molecule has 2 aromatic rings. The number of aryl methyl sites for hydroxylation is 1. The predicted octanol–water partition coefficient (Wildman–Crippen LogP) is 4.79. The molecule has 134 valence electrons. The van der Waals surface area contributed by atoms with E-state index < -0.39 is 18.4 Å². The van der Waals surface area contributed by atoms with E-state index in [4.69, 9.17) is 21.7 Å². The number of thiocarbonyl (C=S) groups is 1. The number of hydrogen-bond donors (Lipinski definition) is 1. The smallest absolute Gasteiger partial charge is 0.323 e. The van der Waals surface area contributed by atoms with Crippen molar-refractivity contribution in [1.29, 1.82) is 0 Å². The summed E-state index contributed by atoms with van der Waals surface area (Å²) in [4.78, 5) is 25.6. The second-order valence-electron chi connectivity index (χ2n) is 5.36. The Labute approximate surface area is 171 Å². The summed E-state index contributed by atoms with van der Waals surface area (Å²) < 4.78 is 6.81. The number of rotatable bonds is 5. The van der Waals surface area contributed by atoms with E-state index in [1.54, 1.807) is 12.1 Å². The number of aliphatic carboxylic acids is 1. The molecule has 0 bridgehead atoms. The number of thioether (sulfide) groups is 1. The van der Waals surface area contributed by atoms with Gasteiger partial charge in [0.25, 0.3) is 5.91 Å². The molecule has 5 nitrogen and oxygen atoms in total. The van der Waals surface area contributed by atoms with Crippen molar-refractivity contribution in [3.05, 3.63) is 51.0 Å². The van der Waals surface area contributed by atoms with E-state index >= 15 is 0 Å². The van der Waals surface area contributed by atoms with Crippen LogP contribution in [0.3, 0.4) is 0 Å². The molecule has 0 spiro atoms. The molecule has 1 N–H and O–H groups in total. The number of amides is 1. The number of carbonyl (C=O) groups excluding carboxylic acids is 1. The molecule has 0 unspecified atom stereocenters. The molecule has 1 saturated heterocycles. The fraction of sp³-hybridized carbons (Fsp3) is 0.118. The number of hydrogen-bond acceptors (Lipinski definition) is 6. The fourth-order valence-electron chi connectivity index (χ4n) is 2.12. The minimum Gasteiger partial charge on any atom is -0.480 e. The van der Waals surface area contributed by atoms with Crippen LogP contribution < -0.4 is 0 Å². The molecule has 1 aromatic heterocycles. The maximum Gasteiger partial charge on any atom is 0.323 e. The van der Waals surface area contributed by atoms with E-state index in [1.807, 2.05) is 31.2 Å². The monoisotopic (exact) mass is 469 g/mol. The molecule has 0 radical (unpaired) electrons. The number of carboxylic acid groups (broad SMARTS) is 1. The van der Waals surface area contributed by atoms with Crippen molar-refractivity contribution >= 4 is 73.9 Å². The Kier molecular flexibility index (Phi) is 5.91. The van der Waals surface area contributed by atoms with Crippen LogP contribution in [0, 0.1) is 6.92 Å². The van der Waals surface area contributed by atoms with E-state index in [-0.39, 0.29) is 4.32 Å². The molecule has 1 aliphatic heterocycles. The molecular weight excluding hydrogens is 458 g/mol. The lowest BCUT2D eigenvalue weighted by molar-refractivity contribution is -0.140. The topological polar surface area (TPSA) is 70.8 Å². The van der Waals surface area contributed by atoms with Crippen molar-refractivity contribution < 1.29 is 19.1 Å². The van der Waals surface area contributed by atoms with Gasteiger partial charge in [0.05, 0.1) is 9.38 Å². The molecule has 1 aromatic carbocycles. The first-order valence-electron chi connectivity index (χ1n) is 7.34. The molecule has 26 heavy (non-hydrogen) atoms. The molecule has 0 aliphatic carbocycles. The van der Waals surface area contributed by atoms with E-state index in [2.05, 4.69) is 15.9 Å². The van der Waals surface area contributed by atoms with E-state index in [0.29, 0.717) is 15.8 Å². The van der Waals surface area contributed by atoms with Gasteiger partial charge < -0.3 is 9.52 Å². The molecular formula is C17H12BrNO4S3. The first kappa shape index (κ1) is 19.2. The average Bonchev–Trinajstić information content (AvgIpc) is 3.04. The summed E-state index contributed by atoms with van der Waals surface area (Å²) >= 11 is 11.1. The Balaban J connectivity index is 1.79. The molecule has 3 rings (SSSR count). The van der Waals surface area contributed by atoms with Crippen LogP contribution in [-0.2, 0) is 9.59 Å². The lowest BCUT2D eigenvalue weighted by Gasteiger charge is -2.09. The lowest BCUT2D eigenvalue weighted by atomic mass is 10.2.